The minimum Gasteiger partial charge on any atom is -0.492 e. The van der Waals surface area contributed by atoms with Crippen molar-refractivity contribution in [3.05, 3.63) is 17.9 Å². The van der Waals surface area contributed by atoms with Crippen molar-refractivity contribution >= 4 is 15.7 Å². The van der Waals surface area contributed by atoms with E-state index < -0.39 is 15.8 Å². The summed E-state index contributed by atoms with van der Waals surface area (Å²) in [6.07, 6.45) is 1.64. The van der Waals surface area contributed by atoms with Crippen molar-refractivity contribution in [2.45, 2.75) is 37.6 Å². The molecule has 0 bridgehead atoms. The van der Waals surface area contributed by atoms with Crippen LogP contribution >= 0.6 is 0 Å². The molecule has 0 aromatic heterocycles. The van der Waals surface area contributed by atoms with E-state index in [1.54, 1.807) is 0 Å². The topological polar surface area (TPSA) is 72.6 Å². The number of ether oxygens (including phenoxy) is 1. The number of methoxy groups -OCH3 is 1. The van der Waals surface area contributed by atoms with Gasteiger partial charge in [-0.3, -0.25) is 0 Å². The quantitative estimate of drug-likeness (QED) is 0.865. The van der Waals surface area contributed by atoms with Crippen LogP contribution < -0.4 is 10.5 Å². The fourth-order valence-electron chi connectivity index (χ4n) is 2.82. The summed E-state index contributed by atoms with van der Waals surface area (Å²) < 4.78 is 45.6. The average molecular weight is 316 g/mol. The maximum Gasteiger partial charge on any atom is 0.243 e. The monoisotopic (exact) mass is 316 g/mol. The summed E-state index contributed by atoms with van der Waals surface area (Å²) >= 11 is 0. The first-order valence-electron chi connectivity index (χ1n) is 6.94. The van der Waals surface area contributed by atoms with Crippen LogP contribution in [0.2, 0.25) is 0 Å². The van der Waals surface area contributed by atoms with E-state index in [9.17, 15) is 12.8 Å². The van der Waals surface area contributed by atoms with E-state index in [1.165, 1.54) is 17.5 Å². The molecule has 1 aliphatic rings. The lowest BCUT2D eigenvalue weighted by Gasteiger charge is -2.27. The number of hydrogen-bond acceptors (Lipinski definition) is 4. The minimum atomic E-state index is -3.75. The summed E-state index contributed by atoms with van der Waals surface area (Å²) in [7, 11) is -2.46. The van der Waals surface area contributed by atoms with E-state index in [1.807, 2.05) is 13.8 Å². The van der Waals surface area contributed by atoms with Crippen LogP contribution in [0.1, 0.15) is 26.7 Å². The summed E-state index contributed by atoms with van der Waals surface area (Å²) in [6, 6.07) is 2.18. The van der Waals surface area contributed by atoms with Crippen LogP contribution in [0.15, 0.2) is 17.0 Å². The molecule has 1 saturated heterocycles. The highest BCUT2D eigenvalue weighted by atomic mass is 32.2. The van der Waals surface area contributed by atoms with Crippen LogP contribution in [0.25, 0.3) is 0 Å². The predicted octanol–water partition coefficient (Wildman–Crippen LogP) is 2.23. The molecule has 0 amide bonds. The Bertz CT molecular complexity index is 608. The molecule has 1 unspecified atom stereocenters. The number of benzene rings is 1. The fraction of sp³-hybridized carbons (Fsp3) is 0.571. The summed E-state index contributed by atoms with van der Waals surface area (Å²) in [5, 5.41) is 0. The Kier molecular flexibility index (Phi) is 4.43. The number of nitrogens with zero attached hydrogens (tertiary/aromatic N) is 1. The number of hydrogen-bond donors (Lipinski definition) is 1. The van der Waals surface area contributed by atoms with E-state index in [2.05, 4.69) is 0 Å². The van der Waals surface area contributed by atoms with E-state index >= 15 is 0 Å². The second-order valence-electron chi connectivity index (χ2n) is 5.60. The molecule has 0 saturated carbocycles. The van der Waals surface area contributed by atoms with Crippen LogP contribution in [0, 0.1) is 11.7 Å². The number of anilines is 1. The Morgan fingerprint density at radius 3 is 2.62 bits per heavy atom. The van der Waals surface area contributed by atoms with Crippen LogP contribution in [0.4, 0.5) is 10.1 Å². The lowest BCUT2D eigenvalue weighted by Crippen LogP contribution is -2.38. The molecule has 1 heterocycles. The molecule has 0 aliphatic carbocycles. The zero-order chi connectivity index (χ0) is 15.8. The molecule has 2 rings (SSSR count). The van der Waals surface area contributed by atoms with Gasteiger partial charge in [0, 0.05) is 12.6 Å². The van der Waals surface area contributed by atoms with Crippen molar-refractivity contribution in [3.8, 4) is 5.75 Å². The molecule has 5 nitrogen and oxygen atoms in total. The highest BCUT2D eigenvalue weighted by Crippen LogP contribution is 2.34. The Balaban J connectivity index is 2.45. The second-order valence-corrected chi connectivity index (χ2v) is 7.49. The van der Waals surface area contributed by atoms with Gasteiger partial charge in [-0.2, -0.15) is 4.31 Å². The van der Waals surface area contributed by atoms with Crippen molar-refractivity contribution < 1.29 is 17.5 Å². The SMILES string of the molecule is COc1c(N)cc(S(=O)(=O)N2CCCC2C(C)C)cc1F. The van der Waals surface area contributed by atoms with Crippen LogP contribution in [-0.2, 0) is 10.0 Å². The van der Waals surface area contributed by atoms with Gasteiger partial charge in [0.2, 0.25) is 10.0 Å². The molecule has 1 aliphatic heterocycles. The number of halogens is 1. The van der Waals surface area contributed by atoms with Gasteiger partial charge in [-0.05, 0) is 30.9 Å². The lowest BCUT2D eigenvalue weighted by atomic mass is 10.0. The van der Waals surface area contributed by atoms with E-state index in [-0.39, 0.29) is 28.3 Å². The summed E-state index contributed by atoms with van der Waals surface area (Å²) in [5.41, 5.74) is 5.66. The summed E-state index contributed by atoms with van der Waals surface area (Å²) in [5.74, 6) is -0.685. The molecule has 1 aromatic rings. The molecule has 1 fully saturated rings. The maximum atomic E-state index is 13.9. The normalized spacial score (nSPS) is 20.1. The van der Waals surface area contributed by atoms with E-state index in [4.69, 9.17) is 10.5 Å². The molecule has 7 heteroatoms. The van der Waals surface area contributed by atoms with Gasteiger partial charge in [0.05, 0.1) is 17.7 Å². The van der Waals surface area contributed by atoms with Gasteiger partial charge in [0.25, 0.3) is 0 Å². The highest BCUT2D eigenvalue weighted by Gasteiger charge is 2.37. The fourth-order valence-corrected chi connectivity index (χ4v) is 4.69. The highest BCUT2D eigenvalue weighted by molar-refractivity contribution is 7.89. The average Bonchev–Trinajstić information content (AvgIpc) is 2.88. The molecule has 0 spiro atoms. The standard InChI is InChI=1S/C14H21FN2O3S/c1-9(2)13-5-4-6-17(13)21(18,19)10-7-11(15)14(20-3)12(16)8-10/h7-9,13H,4-6,16H2,1-3H3. The first-order chi connectivity index (χ1) is 9.78. The van der Waals surface area contributed by atoms with Crippen molar-refractivity contribution in [3.63, 3.8) is 0 Å². The Hall–Kier alpha value is -1.34. The molecule has 118 valence electrons. The van der Waals surface area contributed by atoms with Gasteiger partial charge in [-0.15, -0.1) is 0 Å². The number of rotatable bonds is 4. The molecular formula is C14H21FN2O3S. The maximum absolute atomic E-state index is 13.9. The zero-order valence-corrected chi connectivity index (χ0v) is 13.3. The number of nitrogens with two attached hydrogens (primary N) is 1. The molecule has 1 atom stereocenters. The molecule has 1 aromatic carbocycles. The third-order valence-electron chi connectivity index (χ3n) is 3.87. The lowest BCUT2D eigenvalue weighted by molar-refractivity contribution is 0.315. The van der Waals surface area contributed by atoms with E-state index in [0.717, 1.165) is 18.9 Å². The van der Waals surface area contributed by atoms with Gasteiger partial charge in [0.15, 0.2) is 11.6 Å². The Morgan fingerprint density at radius 2 is 2.10 bits per heavy atom. The van der Waals surface area contributed by atoms with Crippen LogP contribution in [0.5, 0.6) is 5.75 Å². The predicted molar refractivity (Wildman–Crippen MR) is 79.1 cm³/mol. The number of sulfonamides is 1. The van der Waals surface area contributed by atoms with Crippen molar-refractivity contribution in [2.75, 3.05) is 19.4 Å². The molecule has 2 N–H and O–H groups in total. The minimum absolute atomic E-state index is 0.0173. The first-order valence-corrected chi connectivity index (χ1v) is 8.38. The largest absolute Gasteiger partial charge is 0.492 e. The third-order valence-corrected chi connectivity index (χ3v) is 5.78. The van der Waals surface area contributed by atoms with Gasteiger partial charge >= 0.3 is 0 Å². The summed E-state index contributed by atoms with van der Waals surface area (Å²) in [6.45, 7) is 4.43. The first kappa shape index (κ1) is 16.0. The Morgan fingerprint density at radius 1 is 1.43 bits per heavy atom. The molecule has 0 radical (unpaired) electrons. The van der Waals surface area contributed by atoms with Gasteiger partial charge < -0.3 is 10.5 Å². The second kappa shape index (κ2) is 5.81. The van der Waals surface area contributed by atoms with Crippen molar-refractivity contribution in [2.24, 2.45) is 5.92 Å². The third kappa shape index (κ3) is 2.85. The Labute approximate surface area is 124 Å². The van der Waals surface area contributed by atoms with Gasteiger partial charge in [0.1, 0.15) is 0 Å². The molecular weight excluding hydrogens is 295 g/mol. The van der Waals surface area contributed by atoms with Crippen LogP contribution in [0.3, 0.4) is 0 Å². The van der Waals surface area contributed by atoms with Gasteiger partial charge in [-0.25, -0.2) is 12.8 Å². The van der Waals surface area contributed by atoms with Crippen LogP contribution in [-0.4, -0.2) is 32.4 Å². The molecule has 21 heavy (non-hydrogen) atoms. The van der Waals surface area contributed by atoms with Crippen molar-refractivity contribution in [1.82, 2.24) is 4.31 Å². The smallest absolute Gasteiger partial charge is 0.243 e. The summed E-state index contributed by atoms with van der Waals surface area (Å²) in [4.78, 5) is -0.120. The van der Waals surface area contributed by atoms with Crippen molar-refractivity contribution in [1.29, 1.82) is 0 Å². The van der Waals surface area contributed by atoms with Gasteiger partial charge in [-0.1, -0.05) is 13.8 Å². The zero-order valence-electron chi connectivity index (χ0n) is 12.5. The number of nitrogen functional groups attached to an aromatic ring is 1. The van der Waals surface area contributed by atoms with E-state index in [0.29, 0.717) is 6.54 Å².